The zero-order chi connectivity index (χ0) is 9.14. The molecule has 0 fully saturated rings. The van der Waals surface area contributed by atoms with Crippen LogP contribution in [0.3, 0.4) is 0 Å². The summed E-state index contributed by atoms with van der Waals surface area (Å²) in [7, 11) is 0. The fourth-order valence-corrected chi connectivity index (χ4v) is 1.18. The predicted octanol–water partition coefficient (Wildman–Crippen LogP) is 1.56. The molecule has 0 aliphatic carbocycles. The van der Waals surface area contributed by atoms with Gasteiger partial charge in [-0.25, -0.2) is 4.39 Å². The molecule has 0 aliphatic heterocycles. The molecule has 1 rings (SSSR count). The molecular formula is C8H14FN3. The van der Waals surface area contributed by atoms with Crippen LogP contribution in [0.2, 0.25) is 0 Å². The van der Waals surface area contributed by atoms with Crippen LogP contribution in [0.4, 0.5) is 10.2 Å². The summed E-state index contributed by atoms with van der Waals surface area (Å²) in [6.07, 6.45) is 0. The van der Waals surface area contributed by atoms with Crippen LogP contribution < -0.4 is 5.73 Å². The lowest BCUT2D eigenvalue weighted by atomic mass is 10.1. The largest absolute Gasteiger partial charge is 0.382 e. The van der Waals surface area contributed by atoms with Crippen LogP contribution in [0.15, 0.2) is 6.07 Å². The lowest BCUT2D eigenvalue weighted by Crippen LogP contribution is -2.07. The lowest BCUT2D eigenvalue weighted by Gasteiger charge is -2.06. The minimum absolute atomic E-state index is 0.296. The molecule has 3 nitrogen and oxygen atoms in total. The molecule has 0 saturated carbocycles. The Morgan fingerprint density at radius 1 is 1.67 bits per heavy atom. The smallest absolute Gasteiger partial charge is 0.145 e. The zero-order valence-corrected chi connectivity index (χ0v) is 7.42. The molecule has 0 aromatic carbocycles. The van der Waals surface area contributed by atoms with Crippen LogP contribution in [0.25, 0.3) is 0 Å². The van der Waals surface area contributed by atoms with Gasteiger partial charge in [-0.3, -0.25) is 4.68 Å². The molecule has 1 aromatic heterocycles. The second-order valence-electron chi connectivity index (χ2n) is 3.06. The van der Waals surface area contributed by atoms with Crippen molar-refractivity contribution in [1.29, 1.82) is 0 Å². The number of rotatable bonds is 3. The normalized spacial score (nSPS) is 11.0. The average Bonchev–Trinajstić information content (AvgIpc) is 2.32. The van der Waals surface area contributed by atoms with Crippen molar-refractivity contribution in [3.8, 4) is 0 Å². The highest BCUT2D eigenvalue weighted by Gasteiger charge is 2.08. The maximum absolute atomic E-state index is 12.0. The van der Waals surface area contributed by atoms with Crippen molar-refractivity contribution in [3.05, 3.63) is 11.8 Å². The van der Waals surface area contributed by atoms with E-state index in [1.165, 1.54) is 0 Å². The van der Waals surface area contributed by atoms with Crippen molar-refractivity contribution in [3.63, 3.8) is 0 Å². The summed E-state index contributed by atoms with van der Waals surface area (Å²) in [5.74, 6) is 0.800. The van der Waals surface area contributed by atoms with Gasteiger partial charge in [-0.1, -0.05) is 13.8 Å². The number of anilines is 1. The Morgan fingerprint density at radius 3 is 2.83 bits per heavy atom. The average molecular weight is 171 g/mol. The van der Waals surface area contributed by atoms with Crippen LogP contribution in [-0.4, -0.2) is 16.5 Å². The summed E-state index contributed by atoms with van der Waals surface area (Å²) < 4.78 is 13.7. The highest BCUT2D eigenvalue weighted by atomic mass is 19.1. The number of hydrogen-bond acceptors (Lipinski definition) is 2. The van der Waals surface area contributed by atoms with Crippen molar-refractivity contribution >= 4 is 5.82 Å². The van der Waals surface area contributed by atoms with Crippen molar-refractivity contribution in [2.45, 2.75) is 26.3 Å². The molecule has 0 unspecified atom stereocenters. The van der Waals surface area contributed by atoms with Crippen LogP contribution in [-0.2, 0) is 6.54 Å². The molecule has 2 N–H and O–H groups in total. The van der Waals surface area contributed by atoms with Gasteiger partial charge < -0.3 is 5.73 Å². The van der Waals surface area contributed by atoms with Crippen LogP contribution in [0, 0.1) is 0 Å². The van der Waals surface area contributed by atoms with E-state index < -0.39 is 6.67 Å². The third-order valence-corrected chi connectivity index (χ3v) is 1.72. The van der Waals surface area contributed by atoms with E-state index in [1.54, 1.807) is 10.7 Å². The topological polar surface area (TPSA) is 43.8 Å². The summed E-state index contributed by atoms with van der Waals surface area (Å²) in [6.45, 7) is 3.96. The molecule has 68 valence electrons. The fraction of sp³-hybridized carbons (Fsp3) is 0.625. The number of nitrogens with two attached hydrogens (primary N) is 1. The number of halogens is 1. The molecule has 1 aromatic rings. The maximum Gasteiger partial charge on any atom is 0.145 e. The van der Waals surface area contributed by atoms with E-state index in [1.807, 2.05) is 13.8 Å². The number of nitrogen functional groups attached to an aromatic ring is 1. The van der Waals surface area contributed by atoms with Gasteiger partial charge in [0.15, 0.2) is 0 Å². The second-order valence-corrected chi connectivity index (χ2v) is 3.06. The van der Waals surface area contributed by atoms with Crippen molar-refractivity contribution < 1.29 is 4.39 Å². The Labute approximate surface area is 71.4 Å². The first-order valence-corrected chi connectivity index (χ1v) is 4.04. The van der Waals surface area contributed by atoms with E-state index in [0.29, 0.717) is 18.3 Å². The summed E-state index contributed by atoms with van der Waals surface area (Å²) >= 11 is 0. The van der Waals surface area contributed by atoms with Crippen LogP contribution >= 0.6 is 0 Å². The van der Waals surface area contributed by atoms with Gasteiger partial charge in [0.1, 0.15) is 12.5 Å². The van der Waals surface area contributed by atoms with Gasteiger partial charge >= 0.3 is 0 Å². The molecule has 0 atom stereocenters. The Balaban J connectivity index is 2.92. The third-order valence-electron chi connectivity index (χ3n) is 1.72. The molecule has 0 bridgehead atoms. The highest BCUT2D eigenvalue weighted by molar-refractivity contribution is 5.30. The van der Waals surface area contributed by atoms with E-state index in [-0.39, 0.29) is 0 Å². The molecule has 4 heteroatoms. The molecule has 0 spiro atoms. The number of hydrogen-bond donors (Lipinski definition) is 1. The van der Waals surface area contributed by atoms with Crippen molar-refractivity contribution in [2.24, 2.45) is 0 Å². The summed E-state index contributed by atoms with van der Waals surface area (Å²) in [6, 6.07) is 1.79. The Bertz CT molecular complexity index is 255. The fourth-order valence-electron chi connectivity index (χ4n) is 1.18. The van der Waals surface area contributed by atoms with Gasteiger partial charge in [-0.05, 0) is 5.92 Å². The Morgan fingerprint density at radius 2 is 2.33 bits per heavy atom. The first kappa shape index (κ1) is 9.03. The van der Waals surface area contributed by atoms with Gasteiger partial charge in [-0.2, -0.15) is 5.10 Å². The maximum atomic E-state index is 12.0. The van der Waals surface area contributed by atoms with Gasteiger partial charge in [0.2, 0.25) is 0 Å². The third kappa shape index (κ3) is 1.75. The van der Waals surface area contributed by atoms with E-state index in [9.17, 15) is 4.39 Å². The van der Waals surface area contributed by atoms with E-state index in [4.69, 9.17) is 5.73 Å². The molecular weight excluding hydrogens is 157 g/mol. The minimum atomic E-state index is -0.402. The monoisotopic (exact) mass is 171 g/mol. The second kappa shape index (κ2) is 3.56. The lowest BCUT2D eigenvalue weighted by molar-refractivity contribution is 0.417. The van der Waals surface area contributed by atoms with Gasteiger partial charge in [-0.15, -0.1) is 0 Å². The minimum Gasteiger partial charge on any atom is -0.382 e. The number of aryl methyl sites for hydroxylation is 1. The van der Waals surface area contributed by atoms with Gasteiger partial charge in [0, 0.05) is 11.8 Å². The Hall–Kier alpha value is -1.06. The predicted molar refractivity (Wildman–Crippen MR) is 46.7 cm³/mol. The number of alkyl halides is 1. The quantitative estimate of drug-likeness (QED) is 0.750. The highest BCUT2D eigenvalue weighted by Crippen LogP contribution is 2.16. The zero-order valence-electron chi connectivity index (χ0n) is 7.42. The van der Waals surface area contributed by atoms with E-state index >= 15 is 0 Å². The Kier molecular flexibility index (Phi) is 2.68. The molecule has 12 heavy (non-hydrogen) atoms. The summed E-state index contributed by atoms with van der Waals surface area (Å²) in [5, 5.41) is 3.98. The molecule has 0 amide bonds. The van der Waals surface area contributed by atoms with Crippen molar-refractivity contribution in [1.82, 2.24) is 9.78 Å². The SMILES string of the molecule is CC(C)c1cc(N)nn1CCF. The van der Waals surface area contributed by atoms with Gasteiger partial charge in [0.05, 0.1) is 6.54 Å². The van der Waals surface area contributed by atoms with Crippen LogP contribution in [0.5, 0.6) is 0 Å². The first-order chi connectivity index (χ1) is 5.65. The molecule has 0 aliphatic rings. The number of nitrogens with zero attached hydrogens (tertiary/aromatic N) is 2. The van der Waals surface area contributed by atoms with Crippen molar-refractivity contribution in [2.75, 3.05) is 12.4 Å². The van der Waals surface area contributed by atoms with E-state index in [0.717, 1.165) is 5.69 Å². The molecule has 0 saturated heterocycles. The standard InChI is InChI=1S/C8H14FN3/c1-6(2)7-5-8(10)11-12(7)4-3-9/h5-6H,3-4H2,1-2H3,(H2,10,11). The number of aromatic nitrogens is 2. The van der Waals surface area contributed by atoms with Crippen LogP contribution in [0.1, 0.15) is 25.5 Å². The summed E-state index contributed by atoms with van der Waals surface area (Å²) in [4.78, 5) is 0. The molecule has 0 radical (unpaired) electrons. The first-order valence-electron chi connectivity index (χ1n) is 4.04. The summed E-state index contributed by atoms with van der Waals surface area (Å²) in [5.41, 5.74) is 6.48. The van der Waals surface area contributed by atoms with Gasteiger partial charge in [0.25, 0.3) is 0 Å². The van der Waals surface area contributed by atoms with E-state index in [2.05, 4.69) is 5.10 Å². The molecule has 1 heterocycles.